The minimum absolute atomic E-state index is 1.30. The van der Waals surface area contributed by atoms with E-state index in [0.29, 0.717) is 0 Å². The van der Waals surface area contributed by atoms with Gasteiger partial charge in [0.15, 0.2) is 0 Å². The Hall–Kier alpha value is -0.393. The molecule has 0 fully saturated rings. The van der Waals surface area contributed by atoms with E-state index in [2.05, 4.69) is 0 Å². The molecule has 0 aromatic heterocycles. The van der Waals surface area contributed by atoms with Crippen molar-refractivity contribution in [3.8, 4) is 0 Å². The van der Waals surface area contributed by atoms with Gasteiger partial charge in [0.1, 0.15) is 13.5 Å². The first-order chi connectivity index (χ1) is 5.07. The summed E-state index contributed by atoms with van der Waals surface area (Å²) in [5.74, 6) is -2.58. The molecule has 0 unspecified atom stereocenters. The number of halogens is 5. The van der Waals surface area contributed by atoms with Gasteiger partial charge in [-0.15, -0.1) is 0 Å². The highest BCUT2D eigenvalue weighted by molar-refractivity contribution is 6.82. The number of hydrogen-bond donors (Lipinski definition) is 0. The smallest absolute Gasteiger partial charge is 0.214 e. The molecule has 0 aliphatic carbocycles. The molecule has 0 spiro atoms. The van der Waals surface area contributed by atoms with Crippen molar-refractivity contribution in [3.05, 3.63) is 11.3 Å². The highest BCUT2D eigenvalue weighted by atomic mass is 28.3. The summed E-state index contributed by atoms with van der Waals surface area (Å²) in [6, 6.07) is 0. The van der Waals surface area contributed by atoms with Crippen molar-refractivity contribution in [1.82, 2.24) is 0 Å². The van der Waals surface area contributed by atoms with Crippen LogP contribution in [0.1, 0.15) is 0 Å². The fourth-order valence-corrected chi connectivity index (χ4v) is 1.25. The number of rotatable bonds is 1. The lowest BCUT2D eigenvalue weighted by Crippen LogP contribution is -2.25. The summed E-state index contributed by atoms with van der Waals surface area (Å²) in [6.07, 6.45) is -5.19. The van der Waals surface area contributed by atoms with Crippen molar-refractivity contribution in [2.75, 3.05) is 0 Å². The summed E-state index contributed by atoms with van der Waals surface area (Å²) < 4.78 is 59.6. The number of hydrogen-bond acceptors (Lipinski definition) is 0. The zero-order chi connectivity index (χ0) is 10.2. The Morgan fingerprint density at radius 1 is 1.00 bits per heavy atom. The average molecular weight is 204 g/mol. The van der Waals surface area contributed by atoms with E-state index >= 15 is 0 Å². The van der Waals surface area contributed by atoms with Crippen LogP contribution in [0.3, 0.4) is 0 Å². The van der Waals surface area contributed by atoms with E-state index in [1.54, 1.807) is 0 Å². The summed E-state index contributed by atoms with van der Waals surface area (Å²) in [5.41, 5.74) is -1.63. The van der Waals surface area contributed by atoms with E-state index in [9.17, 15) is 22.0 Å². The molecule has 0 rings (SSSR count). The molecule has 12 heavy (non-hydrogen) atoms. The first-order valence-corrected chi connectivity index (χ1v) is 6.69. The third-order valence-corrected chi connectivity index (χ3v) is 2.64. The second-order valence-corrected chi connectivity index (χ2v) is 8.31. The highest BCUT2D eigenvalue weighted by Gasteiger charge is 2.41. The van der Waals surface area contributed by atoms with Gasteiger partial charge in [-0.1, -0.05) is 19.6 Å². The van der Waals surface area contributed by atoms with Crippen LogP contribution in [0.15, 0.2) is 11.3 Å². The van der Waals surface area contributed by atoms with Gasteiger partial charge in [0, 0.05) is 0 Å². The van der Waals surface area contributed by atoms with Gasteiger partial charge < -0.3 is 0 Å². The van der Waals surface area contributed by atoms with Crippen molar-refractivity contribution in [2.45, 2.75) is 25.8 Å². The Labute approximate surface area is 68.1 Å². The maximum Gasteiger partial charge on any atom is 0.445 e. The highest BCUT2D eigenvalue weighted by Crippen LogP contribution is 2.33. The van der Waals surface area contributed by atoms with E-state index in [4.69, 9.17) is 0 Å². The van der Waals surface area contributed by atoms with E-state index in [0.717, 1.165) is 0 Å². The molecule has 0 aromatic rings. The van der Waals surface area contributed by atoms with Crippen LogP contribution < -0.4 is 0 Å². The quantitative estimate of drug-likeness (QED) is 0.452. The summed E-state index contributed by atoms with van der Waals surface area (Å²) in [5, 5.41) is 0. The zero-order valence-corrected chi connectivity index (χ0v) is 7.89. The van der Waals surface area contributed by atoms with Crippen LogP contribution in [0.4, 0.5) is 22.0 Å². The van der Waals surface area contributed by atoms with Crippen LogP contribution >= 0.6 is 0 Å². The lowest BCUT2D eigenvalue weighted by atomic mass is 10.6. The third-order valence-electron chi connectivity index (χ3n) is 1.10. The van der Waals surface area contributed by atoms with Crippen molar-refractivity contribution < 1.29 is 22.0 Å². The van der Waals surface area contributed by atoms with Crippen LogP contribution in [0.5, 0.6) is 0 Å². The topological polar surface area (TPSA) is 0 Å². The molecular formula is C6H9F5Si. The molecule has 0 nitrogen and oxygen atoms in total. The van der Waals surface area contributed by atoms with E-state index in [1.165, 1.54) is 19.6 Å². The molecule has 6 heteroatoms. The van der Waals surface area contributed by atoms with E-state index < -0.39 is 25.5 Å². The van der Waals surface area contributed by atoms with Gasteiger partial charge in [-0.2, -0.15) is 17.6 Å². The number of allylic oxidation sites excluding steroid dienone is 1. The predicted molar refractivity (Wildman–Crippen MR) is 38.6 cm³/mol. The van der Waals surface area contributed by atoms with Gasteiger partial charge in [-0.25, -0.2) is 4.39 Å². The molecule has 0 atom stereocenters. The molecule has 0 bridgehead atoms. The second-order valence-electron chi connectivity index (χ2n) is 3.38. The molecule has 72 valence electrons. The molecule has 0 aromatic carbocycles. The van der Waals surface area contributed by atoms with Crippen molar-refractivity contribution in [3.63, 3.8) is 0 Å². The van der Waals surface area contributed by atoms with Gasteiger partial charge in [0.2, 0.25) is 5.83 Å². The fraction of sp³-hybridized carbons (Fsp3) is 0.667. The van der Waals surface area contributed by atoms with Crippen LogP contribution in [-0.4, -0.2) is 14.3 Å². The Bertz CT molecular complexity index is 175. The zero-order valence-electron chi connectivity index (χ0n) is 6.89. The predicted octanol–water partition coefficient (Wildman–Crippen LogP) is 3.58. The number of alkyl halides is 3. The van der Waals surface area contributed by atoms with Gasteiger partial charge in [0.05, 0.1) is 0 Å². The Morgan fingerprint density at radius 3 is 1.42 bits per heavy atom. The molecule has 0 amide bonds. The molecule has 0 aliphatic rings. The first kappa shape index (κ1) is 11.6. The fourth-order valence-electron chi connectivity index (χ4n) is 0.454. The molecule has 0 aliphatic heterocycles. The van der Waals surface area contributed by atoms with Crippen LogP contribution in [0.25, 0.3) is 0 Å². The summed E-state index contributed by atoms with van der Waals surface area (Å²) in [7, 11) is -2.82. The monoisotopic (exact) mass is 204 g/mol. The maximum atomic E-state index is 12.6. The van der Waals surface area contributed by atoms with Gasteiger partial charge in [0.25, 0.3) is 0 Å². The molecule has 0 radical (unpaired) electrons. The lowest BCUT2D eigenvalue weighted by Gasteiger charge is -2.14. The van der Waals surface area contributed by atoms with Crippen molar-refractivity contribution in [2.24, 2.45) is 0 Å². The van der Waals surface area contributed by atoms with Crippen molar-refractivity contribution >= 4 is 8.07 Å². The van der Waals surface area contributed by atoms with Gasteiger partial charge >= 0.3 is 6.18 Å². The molecular weight excluding hydrogens is 195 g/mol. The summed E-state index contributed by atoms with van der Waals surface area (Å²) >= 11 is 0. The summed E-state index contributed by atoms with van der Waals surface area (Å²) in [4.78, 5) is 0. The average Bonchev–Trinajstić information content (AvgIpc) is 1.80. The normalized spacial score (nSPS) is 16.0. The Kier molecular flexibility index (Phi) is 3.05. The Balaban J connectivity index is 4.96. The molecule has 0 heterocycles. The van der Waals surface area contributed by atoms with E-state index in [1.807, 2.05) is 0 Å². The van der Waals surface area contributed by atoms with Crippen LogP contribution in [0, 0.1) is 0 Å². The minimum Gasteiger partial charge on any atom is -0.214 e. The molecule has 0 N–H and O–H groups in total. The van der Waals surface area contributed by atoms with Crippen LogP contribution in [-0.2, 0) is 0 Å². The maximum absolute atomic E-state index is 12.6. The third kappa shape index (κ3) is 2.92. The van der Waals surface area contributed by atoms with Crippen LogP contribution in [0.2, 0.25) is 19.6 Å². The van der Waals surface area contributed by atoms with Gasteiger partial charge in [-0.3, -0.25) is 0 Å². The van der Waals surface area contributed by atoms with Gasteiger partial charge in [-0.05, 0) is 0 Å². The standard InChI is InChI=1S/C6H9F5Si/c1-12(2,3)5(8)4(7)6(9,10)11/h1-3H3. The SMILES string of the molecule is C[Si](C)(C)C(F)=C(F)C(F)(F)F. The minimum atomic E-state index is -5.19. The van der Waals surface area contributed by atoms with E-state index in [-0.39, 0.29) is 0 Å². The second kappa shape index (κ2) is 3.16. The molecule has 0 saturated carbocycles. The summed E-state index contributed by atoms with van der Waals surface area (Å²) in [6.45, 7) is 3.90. The largest absolute Gasteiger partial charge is 0.445 e. The Morgan fingerprint density at radius 2 is 1.33 bits per heavy atom. The lowest BCUT2D eigenvalue weighted by molar-refractivity contribution is -0.110. The first-order valence-electron chi connectivity index (χ1n) is 3.19. The van der Waals surface area contributed by atoms with Crippen molar-refractivity contribution in [1.29, 1.82) is 0 Å². The molecule has 0 saturated heterocycles.